The molecule has 8 nitrogen and oxygen atoms in total. The van der Waals surface area contributed by atoms with E-state index in [0.717, 1.165) is 16.8 Å². The van der Waals surface area contributed by atoms with Crippen LogP contribution in [-0.4, -0.2) is 47.9 Å². The topological polar surface area (TPSA) is 106 Å². The molecule has 0 aliphatic heterocycles. The van der Waals surface area contributed by atoms with Crippen LogP contribution in [-0.2, 0) is 14.8 Å². The van der Waals surface area contributed by atoms with E-state index in [4.69, 9.17) is 0 Å². The molecule has 2 N–H and O–H groups in total. The van der Waals surface area contributed by atoms with E-state index in [1.807, 2.05) is 42.7 Å². The highest BCUT2D eigenvalue weighted by Gasteiger charge is 2.13. The van der Waals surface area contributed by atoms with Gasteiger partial charge < -0.3 is 5.32 Å². The van der Waals surface area contributed by atoms with E-state index >= 15 is 0 Å². The predicted octanol–water partition coefficient (Wildman–Crippen LogP) is 2.07. The van der Waals surface area contributed by atoms with Gasteiger partial charge in [0, 0.05) is 18.8 Å². The SMILES string of the molecule is Cc1ccc(-n2cnnc2SCC(=O)NCCNS(=O)(=O)c2ccc(C)cc2)cc1. The van der Waals surface area contributed by atoms with Crippen molar-refractivity contribution in [2.24, 2.45) is 0 Å². The first-order valence-electron chi connectivity index (χ1n) is 9.28. The van der Waals surface area contributed by atoms with Gasteiger partial charge in [-0.05, 0) is 38.1 Å². The number of sulfonamides is 1. The van der Waals surface area contributed by atoms with Crippen LogP contribution in [0.2, 0.25) is 0 Å². The first kappa shape index (κ1) is 22.0. The third-order valence-corrected chi connectivity index (χ3v) is 6.65. The number of carbonyl (C=O) groups is 1. The average molecular weight is 446 g/mol. The fraction of sp³-hybridized carbons (Fsp3) is 0.250. The Labute approximate surface area is 180 Å². The molecule has 2 aromatic carbocycles. The van der Waals surface area contributed by atoms with E-state index in [2.05, 4.69) is 20.2 Å². The minimum absolute atomic E-state index is 0.103. The minimum atomic E-state index is -3.59. The van der Waals surface area contributed by atoms with Crippen molar-refractivity contribution in [3.8, 4) is 5.69 Å². The molecule has 0 radical (unpaired) electrons. The molecule has 30 heavy (non-hydrogen) atoms. The lowest BCUT2D eigenvalue weighted by Gasteiger charge is -2.09. The number of benzene rings is 2. The van der Waals surface area contributed by atoms with E-state index in [1.54, 1.807) is 30.6 Å². The van der Waals surface area contributed by atoms with Gasteiger partial charge in [0.1, 0.15) is 6.33 Å². The monoisotopic (exact) mass is 445 g/mol. The first-order chi connectivity index (χ1) is 14.3. The molecule has 0 atom stereocenters. The van der Waals surface area contributed by atoms with Gasteiger partial charge in [-0.1, -0.05) is 47.2 Å². The lowest BCUT2D eigenvalue weighted by molar-refractivity contribution is -0.118. The molecule has 0 spiro atoms. The zero-order valence-electron chi connectivity index (χ0n) is 16.7. The molecule has 0 fully saturated rings. The summed E-state index contributed by atoms with van der Waals surface area (Å²) < 4.78 is 28.7. The number of aryl methyl sites for hydroxylation is 2. The first-order valence-corrected chi connectivity index (χ1v) is 11.7. The van der Waals surface area contributed by atoms with Crippen LogP contribution >= 0.6 is 11.8 Å². The maximum Gasteiger partial charge on any atom is 0.240 e. The fourth-order valence-electron chi connectivity index (χ4n) is 2.57. The molecular formula is C20H23N5O3S2. The van der Waals surface area contributed by atoms with Crippen molar-refractivity contribution in [2.45, 2.75) is 23.9 Å². The van der Waals surface area contributed by atoms with Gasteiger partial charge in [0.25, 0.3) is 0 Å². The highest BCUT2D eigenvalue weighted by atomic mass is 32.2. The van der Waals surface area contributed by atoms with E-state index in [-0.39, 0.29) is 29.6 Å². The molecule has 0 saturated heterocycles. The number of nitrogens with zero attached hydrogens (tertiary/aromatic N) is 3. The quantitative estimate of drug-likeness (QED) is 0.386. The molecule has 0 bridgehead atoms. The second-order valence-electron chi connectivity index (χ2n) is 6.67. The molecule has 1 amide bonds. The zero-order valence-corrected chi connectivity index (χ0v) is 18.3. The molecule has 3 rings (SSSR count). The zero-order chi connectivity index (χ0) is 21.6. The predicted molar refractivity (Wildman–Crippen MR) is 116 cm³/mol. The molecule has 1 aromatic heterocycles. The number of carbonyl (C=O) groups excluding carboxylic acids is 1. The van der Waals surface area contributed by atoms with Gasteiger partial charge >= 0.3 is 0 Å². The van der Waals surface area contributed by atoms with Crippen LogP contribution in [0.15, 0.2) is 64.9 Å². The molecule has 0 saturated carbocycles. The number of amides is 1. The van der Waals surface area contributed by atoms with Gasteiger partial charge in [-0.25, -0.2) is 13.1 Å². The average Bonchev–Trinajstić information content (AvgIpc) is 3.19. The molecule has 0 aliphatic carbocycles. The minimum Gasteiger partial charge on any atom is -0.354 e. The molecule has 1 heterocycles. The van der Waals surface area contributed by atoms with Gasteiger partial charge in [-0.3, -0.25) is 9.36 Å². The maximum atomic E-state index is 12.2. The van der Waals surface area contributed by atoms with Crippen LogP contribution in [0.1, 0.15) is 11.1 Å². The van der Waals surface area contributed by atoms with Crippen LogP contribution in [0.5, 0.6) is 0 Å². The summed E-state index contributed by atoms with van der Waals surface area (Å²) in [4.78, 5) is 12.3. The summed E-state index contributed by atoms with van der Waals surface area (Å²) in [5.74, 6) is -0.0667. The van der Waals surface area contributed by atoms with Crippen molar-refractivity contribution in [2.75, 3.05) is 18.8 Å². The van der Waals surface area contributed by atoms with E-state index in [9.17, 15) is 13.2 Å². The van der Waals surface area contributed by atoms with Gasteiger partial charge in [0.05, 0.1) is 10.6 Å². The van der Waals surface area contributed by atoms with Gasteiger partial charge in [-0.2, -0.15) is 0 Å². The summed E-state index contributed by atoms with van der Waals surface area (Å²) in [5, 5.41) is 11.3. The Hall–Kier alpha value is -2.69. The summed E-state index contributed by atoms with van der Waals surface area (Å²) in [6, 6.07) is 14.5. The fourth-order valence-corrected chi connectivity index (χ4v) is 4.37. The largest absolute Gasteiger partial charge is 0.354 e. The van der Waals surface area contributed by atoms with Crippen LogP contribution in [0.25, 0.3) is 5.69 Å². The third kappa shape index (κ3) is 5.91. The molecule has 0 aliphatic rings. The van der Waals surface area contributed by atoms with Crippen molar-refractivity contribution in [3.05, 3.63) is 66.0 Å². The number of nitrogens with one attached hydrogen (secondary N) is 2. The van der Waals surface area contributed by atoms with Crippen LogP contribution in [0, 0.1) is 13.8 Å². The van der Waals surface area contributed by atoms with Crippen molar-refractivity contribution < 1.29 is 13.2 Å². The second-order valence-corrected chi connectivity index (χ2v) is 9.38. The Balaban J connectivity index is 1.44. The van der Waals surface area contributed by atoms with E-state index in [0.29, 0.717) is 5.16 Å². The second kappa shape index (κ2) is 9.88. The van der Waals surface area contributed by atoms with Crippen molar-refractivity contribution in [1.29, 1.82) is 0 Å². The summed E-state index contributed by atoms with van der Waals surface area (Å²) in [6.07, 6.45) is 1.60. The van der Waals surface area contributed by atoms with Gasteiger partial charge in [-0.15, -0.1) is 10.2 Å². The van der Waals surface area contributed by atoms with Crippen LogP contribution in [0.3, 0.4) is 0 Å². The van der Waals surface area contributed by atoms with Crippen LogP contribution in [0.4, 0.5) is 0 Å². The summed E-state index contributed by atoms with van der Waals surface area (Å²) >= 11 is 1.26. The Bertz CT molecular complexity index is 1090. The standard InChI is InChI=1S/C20H23N5O3S2/c1-15-3-7-17(8-4-15)25-14-22-24-20(25)29-13-19(26)21-11-12-23-30(27,28)18-9-5-16(2)6-10-18/h3-10,14,23H,11-13H2,1-2H3,(H,21,26). The van der Waals surface area contributed by atoms with Crippen molar-refractivity contribution in [3.63, 3.8) is 0 Å². The molecule has 158 valence electrons. The van der Waals surface area contributed by atoms with Crippen LogP contribution < -0.4 is 10.0 Å². The van der Waals surface area contributed by atoms with Gasteiger partial charge in [0.15, 0.2) is 5.16 Å². The lowest BCUT2D eigenvalue weighted by atomic mass is 10.2. The molecular weight excluding hydrogens is 422 g/mol. The van der Waals surface area contributed by atoms with Crippen molar-refractivity contribution >= 4 is 27.7 Å². The number of hydrogen-bond donors (Lipinski definition) is 2. The van der Waals surface area contributed by atoms with Gasteiger partial charge in [0.2, 0.25) is 15.9 Å². The maximum absolute atomic E-state index is 12.2. The molecule has 3 aromatic rings. The highest BCUT2D eigenvalue weighted by molar-refractivity contribution is 7.99. The smallest absolute Gasteiger partial charge is 0.240 e. The van der Waals surface area contributed by atoms with E-state index < -0.39 is 10.0 Å². The molecule has 0 unspecified atom stereocenters. The Kier molecular flexibility index (Phi) is 7.24. The summed E-state index contributed by atoms with van der Waals surface area (Å²) in [7, 11) is -3.59. The number of rotatable bonds is 9. The number of hydrogen-bond acceptors (Lipinski definition) is 6. The highest BCUT2D eigenvalue weighted by Crippen LogP contribution is 2.19. The Morgan fingerprint density at radius 2 is 1.63 bits per heavy atom. The Morgan fingerprint density at radius 1 is 1.00 bits per heavy atom. The third-order valence-electron chi connectivity index (χ3n) is 4.23. The Morgan fingerprint density at radius 3 is 2.30 bits per heavy atom. The number of thioether (sulfide) groups is 1. The lowest BCUT2D eigenvalue weighted by Crippen LogP contribution is -2.35. The molecule has 10 heteroatoms. The summed E-state index contributed by atoms with van der Waals surface area (Å²) in [6.45, 7) is 4.19. The summed E-state index contributed by atoms with van der Waals surface area (Å²) in [5.41, 5.74) is 3.05. The number of aromatic nitrogens is 3. The van der Waals surface area contributed by atoms with E-state index in [1.165, 1.54) is 11.8 Å². The van der Waals surface area contributed by atoms with Crippen molar-refractivity contribution in [1.82, 2.24) is 24.8 Å². The normalized spacial score (nSPS) is 11.4.